The van der Waals surface area contributed by atoms with Crippen LogP contribution in [0.4, 0.5) is 0 Å². The average Bonchev–Trinajstić information content (AvgIpc) is 2.71. The molecule has 1 N–H and O–H groups in total. The molecule has 0 bridgehead atoms. The molecule has 0 fully saturated rings. The van der Waals surface area contributed by atoms with Crippen molar-refractivity contribution >= 4 is 5.91 Å². The lowest BCUT2D eigenvalue weighted by Gasteiger charge is -2.25. The van der Waals surface area contributed by atoms with Gasteiger partial charge in [-0.1, -0.05) is 13.8 Å². The first-order chi connectivity index (χ1) is 8.13. The van der Waals surface area contributed by atoms with Crippen molar-refractivity contribution in [2.45, 2.75) is 45.6 Å². The molecule has 0 spiro atoms. The topological polar surface area (TPSA) is 46.9 Å². The van der Waals surface area contributed by atoms with Gasteiger partial charge in [0.1, 0.15) is 0 Å². The molecule has 0 aliphatic heterocycles. The highest BCUT2D eigenvalue weighted by atomic mass is 16.1. The van der Waals surface area contributed by atoms with E-state index in [2.05, 4.69) is 10.4 Å². The molecule has 2 rings (SSSR count). The van der Waals surface area contributed by atoms with Gasteiger partial charge in [0.2, 0.25) is 5.91 Å². The SMILES string of the molecule is CC[C@H](C)C(=O)N[C@@H]1CCCc2c1cnn2C. The van der Waals surface area contributed by atoms with Crippen molar-refractivity contribution in [1.29, 1.82) is 0 Å². The molecule has 0 aromatic carbocycles. The van der Waals surface area contributed by atoms with Crippen molar-refractivity contribution in [2.75, 3.05) is 0 Å². The van der Waals surface area contributed by atoms with E-state index in [1.165, 1.54) is 11.3 Å². The van der Waals surface area contributed by atoms with Gasteiger partial charge in [-0.15, -0.1) is 0 Å². The van der Waals surface area contributed by atoms with Crippen LogP contribution in [0.1, 0.15) is 50.4 Å². The smallest absolute Gasteiger partial charge is 0.223 e. The fraction of sp³-hybridized carbons (Fsp3) is 0.692. The van der Waals surface area contributed by atoms with Crippen LogP contribution in [0, 0.1) is 5.92 Å². The fourth-order valence-corrected chi connectivity index (χ4v) is 2.36. The van der Waals surface area contributed by atoms with Crippen molar-refractivity contribution in [1.82, 2.24) is 15.1 Å². The molecule has 17 heavy (non-hydrogen) atoms. The van der Waals surface area contributed by atoms with Gasteiger partial charge in [-0.25, -0.2) is 0 Å². The first-order valence-electron chi connectivity index (χ1n) is 6.44. The van der Waals surface area contributed by atoms with Crippen LogP contribution in [0.2, 0.25) is 0 Å². The number of fused-ring (bicyclic) bond motifs is 1. The first-order valence-corrected chi connectivity index (χ1v) is 6.44. The van der Waals surface area contributed by atoms with Crippen LogP contribution >= 0.6 is 0 Å². The van der Waals surface area contributed by atoms with Crippen LogP contribution in [0.3, 0.4) is 0 Å². The van der Waals surface area contributed by atoms with Crippen LogP contribution in [0.15, 0.2) is 6.20 Å². The maximum Gasteiger partial charge on any atom is 0.223 e. The van der Waals surface area contributed by atoms with Crippen LogP contribution in [0.5, 0.6) is 0 Å². The summed E-state index contributed by atoms with van der Waals surface area (Å²) in [6, 6.07) is 0.161. The Labute approximate surface area is 102 Å². The summed E-state index contributed by atoms with van der Waals surface area (Å²) < 4.78 is 1.93. The quantitative estimate of drug-likeness (QED) is 0.870. The Hall–Kier alpha value is -1.32. The summed E-state index contributed by atoms with van der Waals surface area (Å²) >= 11 is 0. The number of amides is 1. The van der Waals surface area contributed by atoms with Crippen molar-refractivity contribution < 1.29 is 4.79 Å². The van der Waals surface area contributed by atoms with E-state index < -0.39 is 0 Å². The largest absolute Gasteiger partial charge is 0.349 e. The van der Waals surface area contributed by atoms with E-state index in [1.54, 1.807) is 0 Å². The fourth-order valence-electron chi connectivity index (χ4n) is 2.36. The minimum atomic E-state index is 0.0945. The second kappa shape index (κ2) is 4.90. The summed E-state index contributed by atoms with van der Waals surface area (Å²) in [5.74, 6) is 0.256. The summed E-state index contributed by atoms with van der Waals surface area (Å²) in [6.07, 6.45) is 6.01. The molecular weight excluding hydrogens is 214 g/mol. The van der Waals surface area contributed by atoms with E-state index in [9.17, 15) is 4.79 Å². The molecule has 1 aromatic rings. The summed E-state index contributed by atoms with van der Waals surface area (Å²) in [5.41, 5.74) is 2.47. The minimum absolute atomic E-state index is 0.0945. The van der Waals surface area contributed by atoms with Crippen molar-refractivity contribution in [3.63, 3.8) is 0 Å². The molecule has 1 aliphatic carbocycles. The third kappa shape index (κ3) is 2.35. The second-order valence-corrected chi connectivity index (χ2v) is 4.93. The molecule has 0 unspecified atom stereocenters. The lowest BCUT2D eigenvalue weighted by Crippen LogP contribution is -2.34. The van der Waals surface area contributed by atoms with Gasteiger partial charge in [-0.3, -0.25) is 9.48 Å². The Morgan fingerprint density at radius 3 is 3.18 bits per heavy atom. The Morgan fingerprint density at radius 2 is 2.47 bits per heavy atom. The van der Waals surface area contributed by atoms with E-state index in [0.717, 1.165) is 25.7 Å². The van der Waals surface area contributed by atoms with E-state index in [4.69, 9.17) is 0 Å². The van der Waals surface area contributed by atoms with E-state index >= 15 is 0 Å². The summed E-state index contributed by atoms with van der Waals surface area (Å²) in [5, 5.41) is 7.43. The predicted molar refractivity (Wildman–Crippen MR) is 66.5 cm³/mol. The molecule has 94 valence electrons. The summed E-state index contributed by atoms with van der Waals surface area (Å²) in [6.45, 7) is 4.02. The van der Waals surface area contributed by atoms with E-state index in [0.29, 0.717) is 0 Å². The average molecular weight is 235 g/mol. The molecule has 1 aromatic heterocycles. The first kappa shape index (κ1) is 12.1. The molecule has 4 nitrogen and oxygen atoms in total. The molecule has 0 saturated heterocycles. The Morgan fingerprint density at radius 1 is 1.71 bits per heavy atom. The van der Waals surface area contributed by atoms with Gasteiger partial charge < -0.3 is 5.32 Å². The number of aromatic nitrogens is 2. The lowest BCUT2D eigenvalue weighted by atomic mass is 9.92. The van der Waals surface area contributed by atoms with E-state index in [1.807, 2.05) is 31.8 Å². The lowest BCUT2D eigenvalue weighted by molar-refractivity contribution is -0.125. The number of nitrogens with one attached hydrogen (secondary N) is 1. The van der Waals surface area contributed by atoms with Crippen LogP contribution in [-0.2, 0) is 18.3 Å². The molecule has 1 aliphatic rings. The Balaban J connectivity index is 2.11. The number of hydrogen-bond acceptors (Lipinski definition) is 2. The van der Waals surface area contributed by atoms with Gasteiger partial charge in [0.25, 0.3) is 0 Å². The van der Waals surface area contributed by atoms with Gasteiger partial charge in [0.15, 0.2) is 0 Å². The summed E-state index contributed by atoms with van der Waals surface area (Å²) in [7, 11) is 1.97. The number of nitrogens with zero attached hydrogens (tertiary/aromatic N) is 2. The molecule has 1 amide bonds. The zero-order valence-electron chi connectivity index (χ0n) is 10.9. The molecule has 0 saturated carbocycles. The van der Waals surface area contributed by atoms with Crippen molar-refractivity contribution in [2.24, 2.45) is 13.0 Å². The highest BCUT2D eigenvalue weighted by molar-refractivity contribution is 5.78. The highest BCUT2D eigenvalue weighted by Crippen LogP contribution is 2.29. The van der Waals surface area contributed by atoms with Gasteiger partial charge in [-0.05, 0) is 25.7 Å². The van der Waals surface area contributed by atoms with Gasteiger partial charge in [-0.2, -0.15) is 5.10 Å². The van der Waals surface area contributed by atoms with Gasteiger partial charge in [0, 0.05) is 24.2 Å². The zero-order valence-corrected chi connectivity index (χ0v) is 10.9. The number of carbonyl (C=O) groups excluding carboxylic acids is 1. The Bertz CT molecular complexity index is 411. The molecule has 4 heteroatoms. The number of carbonyl (C=O) groups is 1. The minimum Gasteiger partial charge on any atom is -0.349 e. The maximum atomic E-state index is 11.9. The molecule has 2 atom stereocenters. The highest BCUT2D eigenvalue weighted by Gasteiger charge is 2.25. The molecule has 0 radical (unpaired) electrons. The maximum absolute atomic E-state index is 11.9. The van der Waals surface area contributed by atoms with Crippen LogP contribution in [-0.4, -0.2) is 15.7 Å². The van der Waals surface area contributed by atoms with Crippen molar-refractivity contribution in [3.05, 3.63) is 17.5 Å². The standard InChI is InChI=1S/C13H21N3O/c1-4-9(2)13(17)15-11-6-5-7-12-10(11)8-14-16(12)3/h8-9,11H,4-7H2,1-3H3,(H,15,17)/t9-,11+/m0/s1. The summed E-state index contributed by atoms with van der Waals surface area (Å²) in [4.78, 5) is 11.9. The Kier molecular flexibility index (Phi) is 3.50. The molecule has 1 heterocycles. The monoisotopic (exact) mass is 235 g/mol. The normalized spacial score (nSPS) is 20.8. The second-order valence-electron chi connectivity index (χ2n) is 4.93. The van der Waals surface area contributed by atoms with Crippen LogP contribution < -0.4 is 5.32 Å². The van der Waals surface area contributed by atoms with E-state index in [-0.39, 0.29) is 17.9 Å². The van der Waals surface area contributed by atoms with Crippen molar-refractivity contribution in [3.8, 4) is 0 Å². The third-order valence-electron chi connectivity index (χ3n) is 3.75. The van der Waals surface area contributed by atoms with Crippen LogP contribution in [0.25, 0.3) is 0 Å². The zero-order chi connectivity index (χ0) is 12.4. The third-order valence-corrected chi connectivity index (χ3v) is 3.75. The predicted octanol–water partition coefficient (Wildman–Crippen LogP) is 1.96. The van der Waals surface area contributed by atoms with Gasteiger partial charge >= 0.3 is 0 Å². The van der Waals surface area contributed by atoms with Gasteiger partial charge in [0.05, 0.1) is 12.2 Å². The number of hydrogen-bond donors (Lipinski definition) is 1. The number of aryl methyl sites for hydroxylation is 1. The number of rotatable bonds is 3. The molecular formula is C13H21N3O.